The number of aliphatic imine (C=N–C) groups is 1. The number of rotatable bonds is 17. The summed E-state index contributed by atoms with van der Waals surface area (Å²) in [5.41, 5.74) is 12.5. The van der Waals surface area contributed by atoms with Crippen molar-refractivity contribution in [2.24, 2.45) is 16.5 Å². The summed E-state index contributed by atoms with van der Waals surface area (Å²) in [5.74, 6) is -2.68. The van der Waals surface area contributed by atoms with Crippen LogP contribution in [0.15, 0.2) is 59.6 Å². The molecule has 0 aromatic heterocycles. The Hall–Kier alpha value is -4.34. The molecule has 0 saturated carbocycles. The van der Waals surface area contributed by atoms with Gasteiger partial charge >= 0.3 is 0 Å². The molecule has 4 amide bonds. The van der Waals surface area contributed by atoms with Gasteiger partial charge in [0.1, 0.15) is 17.8 Å². The van der Waals surface area contributed by atoms with E-state index in [1.165, 1.54) is 19.1 Å². The Kier molecular flexibility index (Phi) is 15.1. The van der Waals surface area contributed by atoms with E-state index in [9.17, 15) is 33.6 Å². The second-order valence-corrected chi connectivity index (χ2v) is 12.1. The van der Waals surface area contributed by atoms with Gasteiger partial charge < -0.3 is 32.3 Å². The third kappa shape index (κ3) is 13.0. The summed E-state index contributed by atoms with van der Waals surface area (Å²) in [6.07, 6.45) is 2.26. The minimum atomic E-state index is -1.09. The smallest absolute Gasteiger partial charge is 0.245 e. The zero-order valence-corrected chi connectivity index (χ0v) is 26.5. The number of imide groups is 1. The number of aliphatic hydroxyl groups excluding tert-OH is 1. The Balaban J connectivity index is 2.01. The molecule has 0 aliphatic carbocycles. The number of aromatic hydroxyl groups is 1. The second kappa shape index (κ2) is 18.5. The highest BCUT2D eigenvalue weighted by molar-refractivity contribution is 7.84. The van der Waals surface area contributed by atoms with Crippen molar-refractivity contribution in [1.29, 1.82) is 0 Å². The van der Waals surface area contributed by atoms with Crippen LogP contribution in [0.1, 0.15) is 24.5 Å². The van der Waals surface area contributed by atoms with Gasteiger partial charge in [-0.05, 0) is 50.1 Å². The highest BCUT2D eigenvalue weighted by Gasteiger charge is 2.30. The molecular weight excluding hydrogens is 602 g/mol. The number of phenols is 1. The molecular formula is C30H43N7O7S. The fourth-order valence-electron chi connectivity index (χ4n) is 4.43. The van der Waals surface area contributed by atoms with E-state index < -0.39 is 65.1 Å². The molecule has 15 heteroatoms. The van der Waals surface area contributed by atoms with E-state index in [0.717, 1.165) is 5.56 Å². The molecule has 45 heavy (non-hydrogen) atoms. The van der Waals surface area contributed by atoms with Gasteiger partial charge in [-0.3, -0.25) is 33.6 Å². The van der Waals surface area contributed by atoms with Gasteiger partial charge in [0.25, 0.3) is 0 Å². The fraction of sp³-hybridized carbons (Fsp3) is 0.433. The van der Waals surface area contributed by atoms with Crippen LogP contribution in [0.3, 0.4) is 0 Å². The summed E-state index contributed by atoms with van der Waals surface area (Å²) in [5, 5.41) is 26.7. The number of amides is 4. The average molecular weight is 646 g/mol. The first kappa shape index (κ1) is 36.8. The van der Waals surface area contributed by atoms with Crippen LogP contribution in [-0.2, 0) is 42.8 Å². The Labute approximate surface area is 265 Å². The molecule has 0 saturated heterocycles. The maximum atomic E-state index is 13.3. The molecule has 2 rings (SSSR count). The van der Waals surface area contributed by atoms with Crippen LogP contribution < -0.4 is 27.4 Å². The summed E-state index contributed by atoms with van der Waals surface area (Å²) < 4.78 is 11.6. The third-order valence-corrected chi connectivity index (χ3v) is 7.81. The highest BCUT2D eigenvalue weighted by Crippen LogP contribution is 2.14. The number of nitrogens with zero attached hydrogens (tertiary/aromatic N) is 2. The predicted molar refractivity (Wildman–Crippen MR) is 171 cm³/mol. The molecule has 0 spiro atoms. The molecule has 0 bridgehead atoms. The van der Waals surface area contributed by atoms with Crippen LogP contribution in [-0.4, -0.2) is 105 Å². The molecule has 0 aliphatic heterocycles. The number of likely N-dealkylation sites (N-methyl/N-ethyl adjacent to an activating group) is 1. The summed E-state index contributed by atoms with van der Waals surface area (Å²) in [6.45, 7) is 0.584. The van der Waals surface area contributed by atoms with Crippen molar-refractivity contribution >= 4 is 40.4 Å². The van der Waals surface area contributed by atoms with Crippen molar-refractivity contribution in [3.63, 3.8) is 0 Å². The molecule has 2 aromatic carbocycles. The van der Waals surface area contributed by atoms with Gasteiger partial charge in [-0.25, -0.2) is 4.99 Å². The van der Waals surface area contributed by atoms with E-state index in [-0.39, 0.29) is 31.2 Å². The number of hydrogen-bond acceptors (Lipinski definition) is 9. The largest absolute Gasteiger partial charge is 0.508 e. The quantitative estimate of drug-likeness (QED) is 0.0779. The maximum absolute atomic E-state index is 13.3. The van der Waals surface area contributed by atoms with Gasteiger partial charge in [-0.2, -0.15) is 0 Å². The topological polar surface area (TPSA) is 230 Å². The molecule has 9 N–H and O–H groups in total. The van der Waals surface area contributed by atoms with Gasteiger partial charge in [0.15, 0.2) is 5.96 Å². The minimum Gasteiger partial charge on any atom is -0.508 e. The summed E-state index contributed by atoms with van der Waals surface area (Å²) >= 11 is 0. The van der Waals surface area contributed by atoms with Crippen molar-refractivity contribution in [2.45, 2.75) is 50.4 Å². The first-order valence-corrected chi connectivity index (χ1v) is 16.0. The first-order valence-electron chi connectivity index (χ1n) is 14.3. The zero-order valence-electron chi connectivity index (χ0n) is 25.6. The van der Waals surface area contributed by atoms with Crippen LogP contribution in [0.4, 0.5) is 0 Å². The zero-order chi connectivity index (χ0) is 33.5. The lowest BCUT2D eigenvalue weighted by atomic mass is 10.0. The van der Waals surface area contributed by atoms with E-state index in [4.69, 9.17) is 11.5 Å². The summed E-state index contributed by atoms with van der Waals surface area (Å²) in [7, 11) is 0.562. The lowest BCUT2D eigenvalue weighted by Gasteiger charge is -2.33. The second-order valence-electron chi connectivity index (χ2n) is 10.6. The van der Waals surface area contributed by atoms with E-state index >= 15 is 0 Å². The maximum Gasteiger partial charge on any atom is 0.245 e. The van der Waals surface area contributed by atoms with Crippen LogP contribution in [0.5, 0.6) is 5.75 Å². The van der Waals surface area contributed by atoms with Crippen molar-refractivity contribution in [2.75, 3.05) is 32.2 Å². The van der Waals surface area contributed by atoms with Gasteiger partial charge in [0.05, 0.1) is 19.2 Å². The molecule has 5 unspecified atom stereocenters. The molecule has 246 valence electrons. The van der Waals surface area contributed by atoms with Crippen LogP contribution >= 0.6 is 0 Å². The number of hydrogen-bond donors (Lipinski definition) is 7. The molecule has 2 aromatic rings. The van der Waals surface area contributed by atoms with Crippen molar-refractivity contribution < 1.29 is 33.6 Å². The van der Waals surface area contributed by atoms with Gasteiger partial charge in [0.2, 0.25) is 23.6 Å². The number of carbonyl (C=O) groups excluding carboxylic acids is 4. The van der Waals surface area contributed by atoms with E-state index in [2.05, 4.69) is 20.9 Å². The predicted octanol–water partition coefficient (Wildman–Crippen LogP) is -1.49. The number of nitrogens with two attached hydrogens (primary N) is 2. The number of guanidine groups is 1. The standard InChI is InChI=1S/C30H43N7O7S/c1-19(34-28(42)24(35-30(31)32)15-21-9-11-23(39)12-10-21)27(41)33-17-26(40)36-29(43)25(16-20-7-5-4-6-8-20)37(2)22(18-38)13-14-45(3)44/h4-12,19,22,24-25,38-39H,13-18H2,1-3H3,(H,33,41)(H,34,42)(H4,31,32,35)(H,36,40,43). The van der Waals surface area contributed by atoms with Crippen molar-refractivity contribution in [3.05, 3.63) is 65.7 Å². The van der Waals surface area contributed by atoms with Gasteiger partial charge in [-0.15, -0.1) is 0 Å². The molecule has 0 radical (unpaired) electrons. The highest BCUT2D eigenvalue weighted by atomic mass is 32.2. The lowest BCUT2D eigenvalue weighted by molar-refractivity contribution is -0.135. The number of nitrogens with one attached hydrogen (secondary N) is 3. The van der Waals surface area contributed by atoms with Crippen LogP contribution in [0.2, 0.25) is 0 Å². The minimum absolute atomic E-state index is 0.0523. The van der Waals surface area contributed by atoms with Crippen molar-refractivity contribution in [1.82, 2.24) is 20.9 Å². The van der Waals surface area contributed by atoms with Crippen LogP contribution in [0, 0.1) is 0 Å². The molecule has 0 aliphatic rings. The SMILES string of the molecule is CC(NC(=O)C(Cc1ccc(O)cc1)N=C(N)N)C(=O)NCC(=O)NC(=O)C(Cc1ccccc1)N(C)C(CO)CCS(C)=O. The normalized spacial score (nSPS) is 14.3. The van der Waals surface area contributed by atoms with Gasteiger partial charge in [0, 0.05) is 35.3 Å². The monoisotopic (exact) mass is 645 g/mol. The van der Waals surface area contributed by atoms with Crippen molar-refractivity contribution in [3.8, 4) is 5.75 Å². The summed E-state index contributed by atoms with van der Waals surface area (Å²) in [4.78, 5) is 57.1. The van der Waals surface area contributed by atoms with E-state index in [1.54, 1.807) is 30.3 Å². The van der Waals surface area contributed by atoms with E-state index in [0.29, 0.717) is 17.7 Å². The average Bonchev–Trinajstić information content (AvgIpc) is 2.99. The Morgan fingerprint density at radius 3 is 2.16 bits per heavy atom. The Bertz CT molecular complexity index is 1340. The number of aliphatic hydroxyl groups is 1. The number of benzene rings is 2. The summed E-state index contributed by atoms with van der Waals surface area (Å²) in [6, 6.07) is 11.8. The van der Waals surface area contributed by atoms with Gasteiger partial charge in [-0.1, -0.05) is 42.5 Å². The first-order chi connectivity index (χ1) is 21.3. The molecule has 5 atom stereocenters. The number of phenolic OH excluding ortho intramolecular Hbond substituents is 1. The fourth-order valence-corrected chi connectivity index (χ4v) is 5.04. The molecule has 14 nitrogen and oxygen atoms in total. The lowest BCUT2D eigenvalue weighted by Crippen LogP contribution is -2.54. The molecule has 0 heterocycles. The number of carbonyl (C=O) groups is 4. The molecule has 0 fully saturated rings. The van der Waals surface area contributed by atoms with E-state index in [1.807, 2.05) is 30.3 Å². The Morgan fingerprint density at radius 1 is 0.956 bits per heavy atom. The van der Waals surface area contributed by atoms with Crippen LogP contribution in [0.25, 0.3) is 0 Å². The third-order valence-electron chi connectivity index (χ3n) is 7.00. The Morgan fingerprint density at radius 2 is 1.58 bits per heavy atom.